The molecule has 1 aromatic heterocycles. The molecule has 1 aliphatic rings. The largest absolute Gasteiger partial charge is 0.368 e. The van der Waals surface area contributed by atoms with Gasteiger partial charge >= 0.3 is 0 Å². The number of hydrogen-bond donors (Lipinski definition) is 3. The lowest BCUT2D eigenvalue weighted by atomic mass is 10.1. The van der Waals surface area contributed by atoms with Crippen LogP contribution >= 0.6 is 0 Å². The number of nitrogens with two attached hydrogens (primary N) is 1. The maximum Gasteiger partial charge on any atom is 0.276 e. The molecular weight excluding hydrogens is 222 g/mol. The molecule has 1 amide bonds. The molecule has 7 heteroatoms. The zero-order valence-electron chi connectivity index (χ0n) is 9.40. The number of rotatable bonds is 3. The smallest absolute Gasteiger partial charge is 0.276 e. The first-order valence-corrected chi connectivity index (χ1v) is 5.66. The van der Waals surface area contributed by atoms with Crippen LogP contribution in [0.25, 0.3) is 0 Å². The van der Waals surface area contributed by atoms with Crippen molar-refractivity contribution in [3.8, 4) is 0 Å². The van der Waals surface area contributed by atoms with Crippen molar-refractivity contribution in [1.29, 1.82) is 0 Å². The first kappa shape index (κ1) is 11.6. The van der Waals surface area contributed by atoms with Crippen molar-refractivity contribution in [2.75, 3.05) is 5.73 Å². The Balaban J connectivity index is 1.93. The summed E-state index contributed by atoms with van der Waals surface area (Å²) in [5, 5.41) is 9.88. The summed E-state index contributed by atoms with van der Waals surface area (Å²) in [6.07, 6.45) is 4.05. The van der Waals surface area contributed by atoms with Crippen LogP contribution in [0.5, 0.6) is 0 Å². The highest BCUT2D eigenvalue weighted by molar-refractivity contribution is 5.78. The van der Waals surface area contributed by atoms with Gasteiger partial charge in [-0.05, 0) is 12.8 Å². The fourth-order valence-electron chi connectivity index (χ4n) is 1.99. The Hall–Kier alpha value is -1.92. The molecule has 0 unspecified atom stereocenters. The molecule has 0 bridgehead atoms. The highest BCUT2D eigenvalue weighted by Gasteiger charge is 2.22. The number of aromatic nitrogens is 3. The lowest BCUT2D eigenvalue weighted by Crippen LogP contribution is -2.32. The van der Waals surface area contributed by atoms with Crippen LogP contribution in [-0.4, -0.2) is 21.1 Å². The number of hydrogen-bond acceptors (Lipinski definition) is 5. The molecule has 0 saturated heterocycles. The maximum atomic E-state index is 11.7. The van der Waals surface area contributed by atoms with Crippen LogP contribution in [0, 0.1) is 5.92 Å². The topological polar surface area (TPSA) is 114 Å². The minimum absolute atomic E-state index is 0.0134. The summed E-state index contributed by atoms with van der Waals surface area (Å²) in [6, 6.07) is 0. The first-order chi connectivity index (χ1) is 8.16. The molecular formula is C10H15N5O2. The van der Waals surface area contributed by atoms with Crippen LogP contribution in [0.2, 0.25) is 0 Å². The number of aromatic amines is 1. The van der Waals surface area contributed by atoms with Crippen molar-refractivity contribution in [3.63, 3.8) is 0 Å². The fourth-order valence-corrected chi connectivity index (χ4v) is 1.99. The average Bonchev–Trinajstić information content (AvgIpc) is 2.81. The summed E-state index contributed by atoms with van der Waals surface area (Å²) in [6.45, 7) is 0.0952. The van der Waals surface area contributed by atoms with E-state index < -0.39 is 5.56 Å². The van der Waals surface area contributed by atoms with Crippen molar-refractivity contribution in [2.45, 2.75) is 32.2 Å². The molecule has 1 aliphatic carbocycles. The van der Waals surface area contributed by atoms with Crippen LogP contribution in [0.1, 0.15) is 31.4 Å². The van der Waals surface area contributed by atoms with E-state index >= 15 is 0 Å². The lowest BCUT2D eigenvalue weighted by Gasteiger charge is -2.09. The van der Waals surface area contributed by atoms with Gasteiger partial charge in [0, 0.05) is 5.92 Å². The molecule has 17 heavy (non-hydrogen) atoms. The molecule has 7 nitrogen and oxygen atoms in total. The Labute approximate surface area is 97.8 Å². The summed E-state index contributed by atoms with van der Waals surface area (Å²) in [5.41, 5.74) is 5.03. The van der Waals surface area contributed by atoms with E-state index in [0.29, 0.717) is 0 Å². The SMILES string of the molecule is Nc1nnc(CNC(=O)C2CCCC2)c(=O)[nH]1. The van der Waals surface area contributed by atoms with Crippen LogP contribution < -0.4 is 16.6 Å². The first-order valence-electron chi connectivity index (χ1n) is 5.66. The van der Waals surface area contributed by atoms with Crippen molar-refractivity contribution >= 4 is 11.9 Å². The summed E-state index contributed by atoms with van der Waals surface area (Å²) < 4.78 is 0. The second-order valence-electron chi connectivity index (χ2n) is 4.19. The van der Waals surface area contributed by atoms with Gasteiger partial charge in [-0.25, -0.2) is 0 Å². The summed E-state index contributed by atoms with van der Waals surface area (Å²) >= 11 is 0. The molecule has 0 radical (unpaired) electrons. The van der Waals surface area contributed by atoms with Gasteiger partial charge in [0.25, 0.3) is 5.56 Å². The second kappa shape index (κ2) is 4.94. The van der Waals surface area contributed by atoms with Crippen LogP contribution in [0.15, 0.2) is 4.79 Å². The molecule has 1 heterocycles. The van der Waals surface area contributed by atoms with E-state index in [1.54, 1.807) is 0 Å². The quantitative estimate of drug-likeness (QED) is 0.659. The Morgan fingerprint density at radius 2 is 2.12 bits per heavy atom. The monoisotopic (exact) mass is 237 g/mol. The van der Waals surface area contributed by atoms with Gasteiger partial charge in [0.2, 0.25) is 11.9 Å². The van der Waals surface area contributed by atoms with Gasteiger partial charge < -0.3 is 11.1 Å². The summed E-state index contributed by atoms with van der Waals surface area (Å²) in [4.78, 5) is 25.4. The Kier molecular flexibility index (Phi) is 3.36. The highest BCUT2D eigenvalue weighted by Crippen LogP contribution is 2.24. The van der Waals surface area contributed by atoms with Gasteiger partial charge in [-0.2, -0.15) is 0 Å². The number of amides is 1. The lowest BCUT2D eigenvalue weighted by molar-refractivity contribution is -0.125. The second-order valence-corrected chi connectivity index (χ2v) is 4.19. The third-order valence-corrected chi connectivity index (χ3v) is 2.94. The Morgan fingerprint density at radius 1 is 1.41 bits per heavy atom. The molecule has 1 aromatic rings. The zero-order chi connectivity index (χ0) is 12.3. The van der Waals surface area contributed by atoms with Crippen LogP contribution in [0.3, 0.4) is 0 Å². The third-order valence-electron chi connectivity index (χ3n) is 2.94. The Bertz CT molecular complexity index is 464. The van der Waals surface area contributed by atoms with E-state index in [-0.39, 0.29) is 30.0 Å². The molecule has 0 aromatic carbocycles. The third kappa shape index (κ3) is 2.80. The van der Waals surface area contributed by atoms with Gasteiger partial charge in [-0.15, -0.1) is 10.2 Å². The predicted octanol–water partition coefficient (Wildman–Crippen LogP) is -0.447. The van der Waals surface area contributed by atoms with E-state index in [0.717, 1.165) is 25.7 Å². The summed E-state index contributed by atoms with van der Waals surface area (Å²) in [7, 11) is 0. The minimum atomic E-state index is -0.413. The number of carbonyl (C=O) groups excluding carboxylic acids is 1. The number of nitrogen functional groups attached to an aromatic ring is 1. The average molecular weight is 237 g/mol. The van der Waals surface area contributed by atoms with E-state index in [2.05, 4.69) is 20.5 Å². The van der Waals surface area contributed by atoms with Crippen molar-refractivity contribution in [1.82, 2.24) is 20.5 Å². The standard InChI is InChI=1S/C10H15N5O2/c11-10-13-9(17)7(14-15-10)5-12-8(16)6-3-1-2-4-6/h6H,1-5H2,(H,12,16)(H3,11,13,15,17). The van der Waals surface area contributed by atoms with Crippen LogP contribution in [0.4, 0.5) is 5.95 Å². The van der Waals surface area contributed by atoms with E-state index in [1.807, 2.05) is 0 Å². The van der Waals surface area contributed by atoms with E-state index in [1.165, 1.54) is 0 Å². The number of carbonyl (C=O) groups is 1. The molecule has 92 valence electrons. The van der Waals surface area contributed by atoms with Gasteiger partial charge in [0.05, 0.1) is 6.54 Å². The van der Waals surface area contributed by atoms with Gasteiger partial charge in [0.15, 0.2) is 0 Å². The molecule has 4 N–H and O–H groups in total. The van der Waals surface area contributed by atoms with Gasteiger partial charge in [-0.3, -0.25) is 14.6 Å². The van der Waals surface area contributed by atoms with Gasteiger partial charge in [-0.1, -0.05) is 12.8 Å². The molecule has 0 spiro atoms. The highest BCUT2D eigenvalue weighted by atomic mass is 16.2. The van der Waals surface area contributed by atoms with Gasteiger partial charge in [0.1, 0.15) is 5.69 Å². The Morgan fingerprint density at radius 3 is 2.76 bits per heavy atom. The molecule has 0 aliphatic heterocycles. The molecule has 2 rings (SSSR count). The predicted molar refractivity (Wildman–Crippen MR) is 60.9 cm³/mol. The molecule has 0 atom stereocenters. The fraction of sp³-hybridized carbons (Fsp3) is 0.600. The minimum Gasteiger partial charge on any atom is -0.368 e. The van der Waals surface area contributed by atoms with Crippen molar-refractivity contribution in [2.24, 2.45) is 5.92 Å². The van der Waals surface area contributed by atoms with Crippen LogP contribution in [-0.2, 0) is 11.3 Å². The maximum absolute atomic E-state index is 11.7. The van der Waals surface area contributed by atoms with E-state index in [4.69, 9.17) is 5.73 Å². The molecule has 1 fully saturated rings. The molecule has 1 saturated carbocycles. The van der Waals surface area contributed by atoms with Crippen molar-refractivity contribution in [3.05, 3.63) is 16.0 Å². The van der Waals surface area contributed by atoms with E-state index in [9.17, 15) is 9.59 Å². The zero-order valence-corrected chi connectivity index (χ0v) is 9.40. The number of anilines is 1. The number of nitrogens with one attached hydrogen (secondary N) is 2. The number of H-pyrrole nitrogens is 1. The van der Waals surface area contributed by atoms with Crippen molar-refractivity contribution < 1.29 is 4.79 Å². The number of nitrogens with zero attached hydrogens (tertiary/aromatic N) is 2. The normalized spacial score (nSPS) is 16.0. The summed E-state index contributed by atoms with van der Waals surface area (Å²) in [5.74, 6) is 0.0391.